The van der Waals surface area contributed by atoms with E-state index in [0.717, 1.165) is 45.4 Å². The van der Waals surface area contributed by atoms with Gasteiger partial charge in [-0.25, -0.2) is 0 Å². The van der Waals surface area contributed by atoms with Crippen LogP contribution in [0, 0.1) is 0 Å². The Kier molecular flexibility index (Phi) is 6.92. The van der Waals surface area contributed by atoms with Crippen LogP contribution in [0.5, 0.6) is 0 Å². The lowest BCUT2D eigenvalue weighted by molar-refractivity contribution is -0.127. The Morgan fingerprint density at radius 1 is 1.55 bits per heavy atom. The highest BCUT2D eigenvalue weighted by Gasteiger charge is 2.42. The number of primary amides is 1. The lowest BCUT2D eigenvalue weighted by atomic mass is 9.77. The Hall–Kier alpha value is -0.650. The standard InChI is InChI=1S/C15H31N3O2/c1-5-20-10-9-18(4)13-7-6-8-15(11-13,14(16)19)17-12(2)3/h12-13,17H,5-11H2,1-4H3,(H2,16,19). The summed E-state index contributed by atoms with van der Waals surface area (Å²) >= 11 is 0. The van der Waals surface area contributed by atoms with E-state index in [-0.39, 0.29) is 11.9 Å². The predicted octanol–water partition coefficient (Wildman–Crippen LogP) is 1.12. The third kappa shape index (κ3) is 4.72. The summed E-state index contributed by atoms with van der Waals surface area (Å²) in [6, 6.07) is 0.651. The fraction of sp³-hybridized carbons (Fsp3) is 0.933. The van der Waals surface area contributed by atoms with Crippen LogP contribution in [0.2, 0.25) is 0 Å². The van der Waals surface area contributed by atoms with E-state index in [2.05, 4.69) is 31.1 Å². The van der Waals surface area contributed by atoms with Gasteiger partial charge >= 0.3 is 0 Å². The molecule has 20 heavy (non-hydrogen) atoms. The number of nitrogens with two attached hydrogens (primary N) is 1. The van der Waals surface area contributed by atoms with Crippen LogP contribution in [-0.4, -0.2) is 55.2 Å². The van der Waals surface area contributed by atoms with Crippen molar-refractivity contribution >= 4 is 5.91 Å². The molecule has 0 aromatic heterocycles. The molecular formula is C15H31N3O2. The highest BCUT2D eigenvalue weighted by Crippen LogP contribution is 2.31. The summed E-state index contributed by atoms with van der Waals surface area (Å²) in [5, 5.41) is 3.41. The van der Waals surface area contributed by atoms with Crippen LogP contribution >= 0.6 is 0 Å². The number of nitrogens with one attached hydrogen (secondary N) is 1. The van der Waals surface area contributed by atoms with Crippen molar-refractivity contribution in [2.45, 2.75) is 64.1 Å². The summed E-state index contributed by atoms with van der Waals surface area (Å²) in [6.45, 7) is 8.52. The first kappa shape index (κ1) is 17.4. The molecule has 0 heterocycles. The van der Waals surface area contributed by atoms with Crippen LogP contribution in [0.3, 0.4) is 0 Å². The molecule has 1 saturated carbocycles. The van der Waals surface area contributed by atoms with Crippen molar-refractivity contribution in [1.82, 2.24) is 10.2 Å². The molecule has 5 nitrogen and oxygen atoms in total. The average molecular weight is 285 g/mol. The molecule has 5 heteroatoms. The van der Waals surface area contributed by atoms with Gasteiger partial charge in [0.1, 0.15) is 0 Å². The SMILES string of the molecule is CCOCCN(C)C1CCCC(NC(C)C)(C(N)=O)C1. The minimum atomic E-state index is -0.545. The molecule has 1 aliphatic rings. The van der Waals surface area contributed by atoms with Crippen molar-refractivity contribution < 1.29 is 9.53 Å². The monoisotopic (exact) mass is 285 g/mol. The number of hydrogen-bond acceptors (Lipinski definition) is 4. The molecule has 1 aliphatic carbocycles. The Morgan fingerprint density at radius 3 is 2.80 bits per heavy atom. The molecule has 0 saturated heterocycles. The van der Waals surface area contributed by atoms with Crippen molar-refractivity contribution in [2.24, 2.45) is 5.73 Å². The summed E-state index contributed by atoms with van der Waals surface area (Å²) in [6.07, 6.45) is 3.79. The fourth-order valence-electron chi connectivity index (χ4n) is 3.14. The van der Waals surface area contributed by atoms with Gasteiger partial charge in [0.2, 0.25) is 5.91 Å². The van der Waals surface area contributed by atoms with Gasteiger partial charge in [0.25, 0.3) is 0 Å². The van der Waals surface area contributed by atoms with Crippen LogP contribution in [0.15, 0.2) is 0 Å². The number of rotatable bonds is 8. The molecule has 2 atom stereocenters. The highest BCUT2D eigenvalue weighted by atomic mass is 16.5. The highest BCUT2D eigenvalue weighted by molar-refractivity contribution is 5.85. The second kappa shape index (κ2) is 7.96. The van der Waals surface area contributed by atoms with E-state index in [0.29, 0.717) is 6.04 Å². The summed E-state index contributed by atoms with van der Waals surface area (Å²) in [5.74, 6) is -0.214. The molecule has 118 valence electrons. The van der Waals surface area contributed by atoms with E-state index in [1.54, 1.807) is 0 Å². The Bertz CT molecular complexity index is 309. The van der Waals surface area contributed by atoms with Gasteiger partial charge in [0, 0.05) is 25.2 Å². The maximum absolute atomic E-state index is 12.0. The van der Waals surface area contributed by atoms with Crippen molar-refractivity contribution in [3.8, 4) is 0 Å². The van der Waals surface area contributed by atoms with Crippen molar-refractivity contribution in [2.75, 3.05) is 26.8 Å². The lowest BCUT2D eigenvalue weighted by Crippen LogP contribution is -2.62. The zero-order chi connectivity index (χ0) is 15.2. The van der Waals surface area contributed by atoms with E-state index in [1.807, 2.05) is 6.92 Å². The van der Waals surface area contributed by atoms with Gasteiger partial charge in [-0.3, -0.25) is 4.79 Å². The molecule has 0 spiro atoms. The largest absolute Gasteiger partial charge is 0.380 e. The second-order valence-electron chi connectivity index (χ2n) is 6.17. The molecule has 0 aliphatic heterocycles. The topological polar surface area (TPSA) is 67.6 Å². The summed E-state index contributed by atoms with van der Waals surface area (Å²) in [4.78, 5) is 14.3. The number of amides is 1. The third-order valence-corrected chi connectivity index (χ3v) is 4.18. The van der Waals surface area contributed by atoms with Gasteiger partial charge in [0.05, 0.1) is 12.1 Å². The molecule has 1 rings (SSSR count). The van der Waals surface area contributed by atoms with E-state index >= 15 is 0 Å². The maximum atomic E-state index is 12.0. The van der Waals surface area contributed by atoms with Gasteiger partial charge in [-0.15, -0.1) is 0 Å². The van der Waals surface area contributed by atoms with Crippen molar-refractivity contribution in [3.05, 3.63) is 0 Å². The Morgan fingerprint density at radius 2 is 2.25 bits per heavy atom. The van der Waals surface area contributed by atoms with Crippen LogP contribution in [0.25, 0.3) is 0 Å². The number of likely N-dealkylation sites (N-methyl/N-ethyl adjacent to an activating group) is 1. The predicted molar refractivity (Wildman–Crippen MR) is 81.6 cm³/mol. The summed E-state index contributed by atoms with van der Waals surface area (Å²) in [5.41, 5.74) is 5.15. The number of nitrogens with zero attached hydrogens (tertiary/aromatic N) is 1. The van der Waals surface area contributed by atoms with Crippen LogP contribution < -0.4 is 11.1 Å². The smallest absolute Gasteiger partial charge is 0.237 e. The molecule has 1 amide bonds. The molecule has 0 aromatic carbocycles. The van der Waals surface area contributed by atoms with Crippen LogP contribution in [0.1, 0.15) is 46.5 Å². The average Bonchev–Trinajstić information content (AvgIpc) is 2.38. The molecule has 0 aromatic rings. The summed E-state index contributed by atoms with van der Waals surface area (Å²) in [7, 11) is 2.11. The van der Waals surface area contributed by atoms with Crippen LogP contribution in [0.4, 0.5) is 0 Å². The zero-order valence-corrected chi connectivity index (χ0v) is 13.4. The van der Waals surface area contributed by atoms with E-state index in [9.17, 15) is 4.79 Å². The molecule has 1 fully saturated rings. The first-order valence-electron chi connectivity index (χ1n) is 7.77. The van der Waals surface area contributed by atoms with Gasteiger partial charge < -0.3 is 20.7 Å². The number of carbonyl (C=O) groups excluding carboxylic acids is 1. The normalized spacial score (nSPS) is 27.2. The number of hydrogen-bond donors (Lipinski definition) is 2. The van der Waals surface area contributed by atoms with Gasteiger partial charge in [-0.2, -0.15) is 0 Å². The van der Waals surface area contributed by atoms with Gasteiger partial charge in [-0.1, -0.05) is 0 Å². The van der Waals surface area contributed by atoms with Crippen LogP contribution in [-0.2, 0) is 9.53 Å². The number of ether oxygens (including phenoxy) is 1. The minimum absolute atomic E-state index is 0.214. The third-order valence-electron chi connectivity index (χ3n) is 4.18. The second-order valence-corrected chi connectivity index (χ2v) is 6.17. The van der Waals surface area contributed by atoms with Gasteiger partial charge in [-0.05, 0) is 53.5 Å². The minimum Gasteiger partial charge on any atom is -0.380 e. The van der Waals surface area contributed by atoms with Crippen molar-refractivity contribution in [1.29, 1.82) is 0 Å². The first-order valence-corrected chi connectivity index (χ1v) is 7.77. The van der Waals surface area contributed by atoms with E-state index < -0.39 is 5.54 Å². The quantitative estimate of drug-likeness (QED) is 0.656. The zero-order valence-electron chi connectivity index (χ0n) is 13.4. The maximum Gasteiger partial charge on any atom is 0.237 e. The Balaban J connectivity index is 2.64. The van der Waals surface area contributed by atoms with E-state index in [4.69, 9.17) is 10.5 Å². The lowest BCUT2D eigenvalue weighted by Gasteiger charge is -2.43. The molecule has 3 N–H and O–H groups in total. The number of carbonyl (C=O) groups is 1. The van der Waals surface area contributed by atoms with Crippen molar-refractivity contribution in [3.63, 3.8) is 0 Å². The Labute approximate surface area is 123 Å². The van der Waals surface area contributed by atoms with E-state index in [1.165, 1.54) is 0 Å². The molecule has 2 unspecified atom stereocenters. The summed E-state index contributed by atoms with van der Waals surface area (Å²) < 4.78 is 5.41. The first-order chi connectivity index (χ1) is 9.41. The molecular weight excluding hydrogens is 254 g/mol. The molecule has 0 bridgehead atoms. The molecule has 0 radical (unpaired) electrons. The van der Waals surface area contributed by atoms with Gasteiger partial charge in [0.15, 0.2) is 0 Å². The fourth-order valence-corrected chi connectivity index (χ4v) is 3.14.